The molecule has 2 aliphatic heterocycles. The van der Waals surface area contributed by atoms with Gasteiger partial charge < -0.3 is 72.2 Å². The number of methoxy groups -OCH3 is 1. The second-order valence-electron chi connectivity index (χ2n) is 23.9. The zero-order valence-electron chi connectivity index (χ0n) is 53.2. The minimum atomic E-state index is -2.00. The molecule has 0 spiro atoms. The van der Waals surface area contributed by atoms with E-state index in [-0.39, 0.29) is 55.5 Å². The minimum absolute atomic E-state index is 0.0660. The Bertz CT molecular complexity index is 3980. The van der Waals surface area contributed by atoms with Crippen LogP contribution in [0.3, 0.4) is 0 Å². The van der Waals surface area contributed by atoms with Crippen molar-refractivity contribution in [2.75, 3.05) is 31.7 Å². The molecular formula is C67H77F2N13O12S2. The third kappa shape index (κ3) is 18.6. The average Bonchev–Trinajstić information content (AvgIpc) is 1.60. The molecule has 9 rings (SSSR count). The van der Waals surface area contributed by atoms with Crippen molar-refractivity contribution in [2.24, 2.45) is 0 Å². The Labute approximate surface area is 559 Å². The predicted octanol–water partition coefficient (Wildman–Crippen LogP) is 3.91. The Morgan fingerprint density at radius 1 is 0.635 bits per heavy atom. The van der Waals surface area contributed by atoms with Gasteiger partial charge in [0, 0.05) is 115 Å². The van der Waals surface area contributed by atoms with E-state index < -0.39 is 131 Å². The Kier molecular flexibility index (Phi) is 23.9. The Hall–Kier alpha value is -9.77. The highest BCUT2D eigenvalue weighted by molar-refractivity contribution is 7.98. The number of aliphatic carboxylic acids is 1. The summed E-state index contributed by atoms with van der Waals surface area (Å²) < 4.78 is 35.1. The number of H-pyrrole nitrogens is 3. The van der Waals surface area contributed by atoms with Crippen molar-refractivity contribution in [1.82, 2.24) is 67.4 Å². The van der Waals surface area contributed by atoms with Gasteiger partial charge in [-0.2, -0.15) is 23.5 Å². The second-order valence-corrected chi connectivity index (χ2v) is 26.1. The second kappa shape index (κ2) is 32.6. The number of carboxylic acids is 1. The fourth-order valence-corrected chi connectivity index (χ4v) is 13.3. The zero-order valence-corrected chi connectivity index (χ0v) is 54.9. The number of carboxylic acid groups (broad SMARTS) is 1. The van der Waals surface area contributed by atoms with Gasteiger partial charge in [0.25, 0.3) is 0 Å². The quantitative estimate of drug-likeness (QED) is 0.0874. The number of fused-ring (bicyclic) bond motifs is 5. The van der Waals surface area contributed by atoms with Crippen LogP contribution < -0.4 is 47.3 Å². The average molecular weight is 1360 g/mol. The number of nitrogens with zero attached hydrogens (tertiary/aromatic N) is 2. The van der Waals surface area contributed by atoms with Crippen LogP contribution in [-0.2, 0) is 85.1 Å². The maximum Gasteiger partial charge on any atom is 0.305 e. The minimum Gasteiger partial charge on any atom is -0.497 e. The van der Waals surface area contributed by atoms with Crippen molar-refractivity contribution in [3.63, 3.8) is 0 Å². The number of thioether (sulfide) groups is 2. The number of rotatable bonds is 11. The van der Waals surface area contributed by atoms with E-state index in [1.807, 2.05) is 18.2 Å². The van der Waals surface area contributed by atoms with E-state index in [2.05, 4.69) is 68.5 Å². The largest absolute Gasteiger partial charge is 0.497 e. The summed E-state index contributed by atoms with van der Waals surface area (Å²) >= 11 is 3.12. The highest BCUT2D eigenvalue weighted by Crippen LogP contribution is 2.31. The van der Waals surface area contributed by atoms with E-state index in [4.69, 9.17) is 4.74 Å². The lowest BCUT2D eigenvalue weighted by Crippen LogP contribution is -2.62. The molecule has 0 unspecified atom stereocenters. The molecule has 12 N–H and O–H groups in total. The van der Waals surface area contributed by atoms with Gasteiger partial charge in [-0.25, -0.2) is 13.8 Å². The van der Waals surface area contributed by atoms with Crippen LogP contribution in [-0.4, -0.2) is 169 Å². The maximum atomic E-state index is 15.1. The molecule has 4 aromatic carbocycles. The summed E-state index contributed by atoms with van der Waals surface area (Å²) in [5, 5.41) is 32.3. The molecule has 7 aromatic rings. The Morgan fingerprint density at radius 2 is 1.18 bits per heavy atom. The van der Waals surface area contributed by atoms with Crippen LogP contribution in [0.15, 0.2) is 110 Å². The van der Waals surface area contributed by atoms with Crippen LogP contribution in [0.4, 0.5) is 8.78 Å². The monoisotopic (exact) mass is 1360 g/mol. The van der Waals surface area contributed by atoms with Crippen LogP contribution in [0.5, 0.6) is 5.75 Å². The molecule has 0 saturated carbocycles. The number of carbonyl (C=O) groups is 10. The lowest BCUT2D eigenvalue weighted by Gasteiger charge is -2.36. The van der Waals surface area contributed by atoms with Crippen molar-refractivity contribution < 1.29 is 66.6 Å². The molecule has 0 aliphatic carbocycles. The fourth-order valence-electron chi connectivity index (χ4n) is 11.6. The number of aromatic nitrogens is 4. The number of imidazole rings is 1. The third-order valence-electron chi connectivity index (χ3n) is 16.8. The highest BCUT2D eigenvalue weighted by atomic mass is 32.2. The molecule has 96 heavy (non-hydrogen) atoms. The number of halogens is 2. The predicted molar refractivity (Wildman–Crippen MR) is 356 cm³/mol. The number of benzene rings is 4. The Morgan fingerprint density at radius 3 is 1.76 bits per heavy atom. The standard InChI is InChI=1S/C67H77F2N13O12S2/c1-37-59(86)76-38(2)60(87)77-51(27-42-33-73-49-15-11-44(68)29-47(42)49)61(88)78-52(28-43-34-74-50-16-12-45(69)30-48(43)50)62(89)80-54(32-58(84)85)64(91)79-53(31-56-70-19-20-71-56)63(90)81-55(26-39-9-13-46(94-4)14-10-39)65(92)82-22-6-18-67(82,3)66(93)72-21-24-96-36-41-8-5-7-40(25-41)35-95-23-17-57(83)75-37/h5,7-16,19-20,25,29-30,33-34,37-38,51-55,73-74H,6,17-18,21-24,26-28,31-32,35-36H2,1-4H3,(H,70,71)(H,72,93)(H,75,83)(H,76,86)(H,77,87)(H,78,88)(H,79,91)(H,80,89)(H,81,90)(H,84,85)/t37-,38+,51-,52-,53-,54-,55-,67-/m0/s1. The van der Waals surface area contributed by atoms with Gasteiger partial charge in [0.2, 0.25) is 53.2 Å². The molecule has 2 aliphatic rings. The van der Waals surface area contributed by atoms with Crippen LogP contribution in [0, 0.1) is 11.6 Å². The smallest absolute Gasteiger partial charge is 0.305 e. The van der Waals surface area contributed by atoms with Gasteiger partial charge in [-0.3, -0.25) is 47.9 Å². The van der Waals surface area contributed by atoms with E-state index in [0.717, 1.165) is 11.1 Å². The van der Waals surface area contributed by atoms with Gasteiger partial charge >= 0.3 is 5.97 Å². The molecule has 1 fully saturated rings. The topological polar surface area (TPSA) is 360 Å². The van der Waals surface area contributed by atoms with Crippen molar-refractivity contribution in [2.45, 2.75) is 131 Å². The first-order chi connectivity index (χ1) is 46.0. The zero-order chi connectivity index (χ0) is 68.6. The summed E-state index contributed by atoms with van der Waals surface area (Å²) in [5.41, 5.74) is 2.79. The van der Waals surface area contributed by atoms with Crippen molar-refractivity contribution in [3.8, 4) is 5.75 Å². The van der Waals surface area contributed by atoms with Crippen molar-refractivity contribution >= 4 is 104 Å². The number of amides is 9. The molecule has 9 amide bonds. The first kappa shape index (κ1) is 70.5. The van der Waals surface area contributed by atoms with Gasteiger partial charge in [-0.15, -0.1) is 0 Å². The summed E-state index contributed by atoms with van der Waals surface area (Å²) in [6.45, 7) is 4.88. The van der Waals surface area contributed by atoms with Crippen molar-refractivity contribution in [3.05, 3.63) is 155 Å². The summed E-state index contributed by atoms with van der Waals surface area (Å²) in [6.07, 6.45) is 4.25. The summed E-state index contributed by atoms with van der Waals surface area (Å²) in [7, 11) is 1.49. The third-order valence-corrected chi connectivity index (χ3v) is 18.9. The number of carbonyl (C=O) groups excluding carboxylic acids is 9. The number of hydrogen-bond donors (Lipinski definition) is 12. The van der Waals surface area contributed by atoms with Gasteiger partial charge in [0.1, 0.15) is 71.0 Å². The van der Waals surface area contributed by atoms with Crippen molar-refractivity contribution in [1.29, 1.82) is 0 Å². The molecule has 3 aromatic heterocycles. The molecule has 1 saturated heterocycles. The van der Waals surface area contributed by atoms with Crippen LogP contribution in [0.1, 0.15) is 80.1 Å². The van der Waals surface area contributed by atoms with E-state index in [1.54, 1.807) is 43.0 Å². The first-order valence-corrected chi connectivity index (χ1v) is 33.6. The molecule has 25 nitrogen and oxygen atoms in total. The maximum absolute atomic E-state index is 15.1. The van der Waals surface area contributed by atoms with Crippen LogP contribution >= 0.6 is 23.5 Å². The first-order valence-electron chi connectivity index (χ1n) is 31.3. The van der Waals surface area contributed by atoms with Gasteiger partial charge in [-0.1, -0.05) is 36.4 Å². The summed E-state index contributed by atoms with van der Waals surface area (Å²) in [6, 6.07) is 11.6. The molecule has 0 radical (unpaired) electrons. The van der Waals surface area contributed by atoms with Crippen LogP contribution in [0.2, 0.25) is 0 Å². The van der Waals surface area contributed by atoms with Gasteiger partial charge in [0.05, 0.1) is 13.5 Å². The van der Waals surface area contributed by atoms with E-state index >= 15 is 14.4 Å². The number of nitrogens with one attached hydrogen (secondary N) is 11. The fraction of sp³-hybridized carbons (Fsp3) is 0.388. The highest BCUT2D eigenvalue weighted by Gasteiger charge is 2.48. The molecule has 29 heteroatoms. The summed E-state index contributed by atoms with van der Waals surface area (Å²) in [5.74, 6) is -7.40. The van der Waals surface area contributed by atoms with Gasteiger partial charge in [-0.05, 0) is 110 Å². The summed E-state index contributed by atoms with van der Waals surface area (Å²) in [4.78, 5) is 157. The molecule has 8 atom stereocenters. The lowest BCUT2D eigenvalue weighted by molar-refractivity contribution is -0.146. The SMILES string of the molecule is COc1ccc(C[C@@H]2NC(=O)[C@H](Cc3ncc[nH]3)NC(=O)[C@H](CC(=O)O)NC(=O)[C@H](Cc3c[nH]c4ccc(F)cc34)NC(=O)[C@H](Cc3c[nH]c4ccc(F)cc34)NC(=O)[C@@H](C)NC(=O)[C@H](C)NC(=O)CCSCc3cccc(c3)CSCCNC(=O)[C@]3(C)CCCN3C2=O)cc1. The lowest BCUT2D eigenvalue weighted by atomic mass is 9.95. The van der Waals surface area contributed by atoms with E-state index in [1.165, 1.54) is 98.8 Å². The molecule has 2 bridgehead atoms. The molecule has 508 valence electrons. The van der Waals surface area contributed by atoms with Crippen LogP contribution in [0.25, 0.3) is 21.8 Å². The van der Waals surface area contributed by atoms with Gasteiger partial charge in [0.15, 0.2) is 0 Å². The molecular weight excluding hydrogens is 1280 g/mol. The van der Waals surface area contributed by atoms with E-state index in [0.29, 0.717) is 69.1 Å². The number of hydrogen-bond acceptors (Lipinski definition) is 14. The normalized spacial score (nSPS) is 23.3. The number of ether oxygens (including phenoxy) is 1. The number of aromatic amines is 3. The Balaban J connectivity index is 1.04. The molecule has 5 heterocycles. The van der Waals surface area contributed by atoms with E-state index in [9.17, 15) is 47.4 Å².